The van der Waals surface area contributed by atoms with Gasteiger partial charge in [-0.3, -0.25) is 4.79 Å². The number of hydrogen-bond donors (Lipinski definition) is 1. The Morgan fingerprint density at radius 3 is 2.12 bits per heavy atom. The third-order valence-corrected chi connectivity index (χ3v) is 10.4. The topological polar surface area (TPSA) is 76.1 Å². The molecule has 1 heterocycles. The van der Waals surface area contributed by atoms with Crippen molar-refractivity contribution in [2.24, 2.45) is 11.3 Å². The summed E-state index contributed by atoms with van der Waals surface area (Å²) < 4.78 is 11.8. The summed E-state index contributed by atoms with van der Waals surface area (Å²) in [5.74, 6) is -1.11. The molecular weight excluding hydrogens is 350 g/mol. The maximum Gasteiger partial charge on any atom is 0.410 e. The van der Waals surface area contributed by atoms with Crippen molar-refractivity contribution in [3.63, 3.8) is 0 Å². The minimum Gasteiger partial charge on any atom is -0.481 e. The predicted molar refractivity (Wildman–Crippen MR) is 105 cm³/mol. The molecule has 0 aromatic heterocycles. The van der Waals surface area contributed by atoms with Crippen LogP contribution in [0.5, 0.6) is 0 Å². The lowest BCUT2D eigenvalue weighted by atomic mass is 9.76. The Hall–Kier alpha value is -1.08. The number of ether oxygens (including phenoxy) is 1. The van der Waals surface area contributed by atoms with Crippen LogP contribution in [0.3, 0.4) is 0 Å². The van der Waals surface area contributed by atoms with Gasteiger partial charge in [-0.25, -0.2) is 4.79 Å². The van der Waals surface area contributed by atoms with Gasteiger partial charge in [0.05, 0.1) is 5.41 Å². The van der Waals surface area contributed by atoms with Gasteiger partial charge >= 0.3 is 12.1 Å². The van der Waals surface area contributed by atoms with E-state index in [1.165, 1.54) is 4.90 Å². The van der Waals surface area contributed by atoms with Crippen LogP contribution in [0, 0.1) is 11.3 Å². The van der Waals surface area contributed by atoms with Crippen molar-refractivity contribution in [1.29, 1.82) is 0 Å². The van der Waals surface area contributed by atoms with E-state index < -0.39 is 31.4 Å². The third-order valence-electron chi connectivity index (χ3n) is 5.86. The molecule has 0 radical (unpaired) electrons. The summed E-state index contributed by atoms with van der Waals surface area (Å²) in [4.78, 5) is 26.1. The average Bonchev–Trinajstić information content (AvgIpc) is 2.82. The number of hydrogen-bond acceptors (Lipinski definition) is 4. The minimum atomic E-state index is -2.00. The van der Waals surface area contributed by atoms with Crippen LogP contribution in [0.15, 0.2) is 0 Å². The Labute approximate surface area is 159 Å². The number of carboxylic acids is 1. The number of rotatable bonds is 5. The van der Waals surface area contributed by atoms with E-state index in [1.54, 1.807) is 0 Å². The summed E-state index contributed by atoms with van der Waals surface area (Å²) in [7, 11) is -2.00. The second-order valence-corrected chi connectivity index (χ2v) is 14.8. The fourth-order valence-electron chi connectivity index (χ4n) is 2.97. The van der Waals surface area contributed by atoms with Gasteiger partial charge in [0.25, 0.3) is 0 Å². The van der Waals surface area contributed by atoms with Gasteiger partial charge < -0.3 is 19.2 Å². The molecule has 0 spiro atoms. The summed E-state index contributed by atoms with van der Waals surface area (Å²) in [6, 6.07) is 0. The Balaban J connectivity index is 3.00. The van der Waals surface area contributed by atoms with Crippen LogP contribution < -0.4 is 0 Å². The van der Waals surface area contributed by atoms with Crippen molar-refractivity contribution in [3.05, 3.63) is 0 Å². The van der Waals surface area contributed by atoms with E-state index in [0.29, 0.717) is 19.6 Å². The molecule has 152 valence electrons. The van der Waals surface area contributed by atoms with E-state index in [1.807, 2.05) is 27.7 Å². The highest BCUT2D eigenvalue weighted by atomic mass is 28.4. The van der Waals surface area contributed by atoms with Crippen molar-refractivity contribution in [2.75, 3.05) is 19.7 Å². The van der Waals surface area contributed by atoms with E-state index in [9.17, 15) is 14.7 Å². The first-order chi connectivity index (χ1) is 11.6. The standard InChI is InChI=1S/C19H37NO5Si/c1-10-19(15(21)22)13-20(16(23)25-17(2,3)4)11-14(19)12-24-26(8,9)18(5,6)7/h14H,10-13H2,1-9H3,(H,21,22)/t14-,19+/m1/s1. The molecule has 6 nitrogen and oxygen atoms in total. The van der Waals surface area contributed by atoms with Crippen molar-refractivity contribution < 1.29 is 23.9 Å². The van der Waals surface area contributed by atoms with Crippen LogP contribution >= 0.6 is 0 Å². The fourth-order valence-corrected chi connectivity index (χ4v) is 4.02. The van der Waals surface area contributed by atoms with Crippen LogP contribution in [0.1, 0.15) is 54.9 Å². The Kier molecular flexibility index (Phi) is 6.62. The zero-order valence-electron chi connectivity index (χ0n) is 17.9. The van der Waals surface area contributed by atoms with Crippen LogP contribution in [-0.4, -0.2) is 55.7 Å². The molecule has 0 aromatic rings. The van der Waals surface area contributed by atoms with E-state index >= 15 is 0 Å². The maximum absolute atomic E-state index is 12.5. The van der Waals surface area contributed by atoms with Gasteiger partial charge in [0.2, 0.25) is 0 Å². The number of aliphatic carboxylic acids is 1. The molecule has 1 aliphatic heterocycles. The molecule has 1 fully saturated rings. The normalized spacial score (nSPS) is 24.7. The van der Waals surface area contributed by atoms with Gasteiger partial charge in [-0.15, -0.1) is 0 Å². The monoisotopic (exact) mass is 387 g/mol. The zero-order valence-corrected chi connectivity index (χ0v) is 18.9. The number of likely N-dealkylation sites (tertiary alicyclic amines) is 1. The average molecular weight is 388 g/mol. The second kappa shape index (κ2) is 7.50. The molecule has 0 bridgehead atoms. The Morgan fingerprint density at radius 2 is 1.73 bits per heavy atom. The molecule has 2 atom stereocenters. The van der Waals surface area contributed by atoms with Crippen molar-refractivity contribution in [3.8, 4) is 0 Å². The highest BCUT2D eigenvalue weighted by Crippen LogP contribution is 2.43. The van der Waals surface area contributed by atoms with Crippen molar-refractivity contribution in [2.45, 2.75) is 78.6 Å². The summed E-state index contributed by atoms with van der Waals surface area (Å²) in [6.45, 7) is 19.0. The summed E-state index contributed by atoms with van der Waals surface area (Å²) >= 11 is 0. The minimum absolute atomic E-state index is 0.0502. The highest BCUT2D eigenvalue weighted by Gasteiger charge is 2.53. The smallest absolute Gasteiger partial charge is 0.410 e. The molecule has 1 rings (SSSR count). The van der Waals surface area contributed by atoms with Crippen molar-refractivity contribution >= 4 is 20.4 Å². The number of carbonyl (C=O) groups is 2. The fraction of sp³-hybridized carbons (Fsp3) is 0.895. The first-order valence-corrected chi connectivity index (χ1v) is 12.3. The largest absolute Gasteiger partial charge is 0.481 e. The number of carboxylic acid groups (broad SMARTS) is 1. The lowest BCUT2D eigenvalue weighted by molar-refractivity contribution is -0.151. The zero-order chi connectivity index (χ0) is 20.6. The van der Waals surface area contributed by atoms with Gasteiger partial charge in [-0.2, -0.15) is 0 Å². The number of amides is 1. The van der Waals surface area contributed by atoms with E-state index in [2.05, 4.69) is 33.9 Å². The molecule has 0 unspecified atom stereocenters. The van der Waals surface area contributed by atoms with E-state index in [-0.39, 0.29) is 17.5 Å². The molecule has 0 aliphatic carbocycles. The third kappa shape index (κ3) is 5.00. The SMILES string of the molecule is CC[C@]1(C(=O)O)CN(C(=O)OC(C)(C)C)C[C@@H]1CO[Si](C)(C)C(C)(C)C. The van der Waals surface area contributed by atoms with Crippen LogP contribution in [0.25, 0.3) is 0 Å². The van der Waals surface area contributed by atoms with E-state index in [0.717, 1.165) is 0 Å². The molecule has 0 saturated carbocycles. The first-order valence-electron chi connectivity index (χ1n) is 9.41. The lowest BCUT2D eigenvalue weighted by Crippen LogP contribution is -2.46. The van der Waals surface area contributed by atoms with Gasteiger partial charge in [0, 0.05) is 25.6 Å². The number of carbonyl (C=O) groups excluding carboxylic acids is 1. The summed E-state index contributed by atoms with van der Waals surface area (Å²) in [5, 5.41) is 9.98. The Morgan fingerprint density at radius 1 is 1.19 bits per heavy atom. The van der Waals surface area contributed by atoms with Gasteiger partial charge in [-0.05, 0) is 45.3 Å². The summed E-state index contributed by atoms with van der Waals surface area (Å²) in [6.07, 6.45) is -0.000859. The molecule has 7 heteroatoms. The molecule has 0 aromatic carbocycles. The Bertz CT molecular complexity index is 535. The number of nitrogens with zero attached hydrogens (tertiary/aromatic N) is 1. The lowest BCUT2D eigenvalue weighted by Gasteiger charge is -2.38. The highest BCUT2D eigenvalue weighted by molar-refractivity contribution is 6.74. The molecule has 26 heavy (non-hydrogen) atoms. The van der Waals surface area contributed by atoms with Gasteiger partial charge in [0.1, 0.15) is 5.60 Å². The second-order valence-electron chi connectivity index (χ2n) is 9.94. The summed E-state index contributed by atoms with van der Waals surface area (Å²) in [5.41, 5.74) is -1.59. The molecule has 1 saturated heterocycles. The van der Waals surface area contributed by atoms with Crippen LogP contribution in [-0.2, 0) is 14.0 Å². The molecule has 1 amide bonds. The van der Waals surface area contributed by atoms with E-state index in [4.69, 9.17) is 9.16 Å². The van der Waals surface area contributed by atoms with Crippen molar-refractivity contribution in [1.82, 2.24) is 4.90 Å². The first kappa shape index (κ1) is 23.0. The molecular formula is C19H37NO5Si. The quantitative estimate of drug-likeness (QED) is 0.710. The molecule has 1 aliphatic rings. The predicted octanol–water partition coefficient (Wildman–Crippen LogP) is 4.36. The molecule has 1 N–H and O–H groups in total. The van der Waals surface area contributed by atoms with Crippen LogP contribution in [0.2, 0.25) is 18.1 Å². The van der Waals surface area contributed by atoms with Crippen LogP contribution in [0.4, 0.5) is 4.79 Å². The maximum atomic E-state index is 12.5. The van der Waals surface area contributed by atoms with Gasteiger partial charge in [0.15, 0.2) is 8.32 Å². The van der Waals surface area contributed by atoms with Gasteiger partial charge in [-0.1, -0.05) is 27.7 Å².